The van der Waals surface area contributed by atoms with Gasteiger partial charge in [0.2, 0.25) is 0 Å². The van der Waals surface area contributed by atoms with Crippen LogP contribution in [-0.4, -0.2) is 11.7 Å². The Hall–Kier alpha value is -0.0400. The van der Waals surface area contributed by atoms with Crippen molar-refractivity contribution in [1.29, 1.82) is 0 Å². The summed E-state index contributed by atoms with van der Waals surface area (Å²) >= 11 is 5.55. The quantitative estimate of drug-likeness (QED) is 0.561. The number of hydrogen-bond donors (Lipinski definition) is 0. The predicted octanol–water partition coefficient (Wildman–Crippen LogP) is 2.23. The summed E-state index contributed by atoms with van der Waals surface area (Å²) < 4.78 is 0. The molecule has 9 heavy (non-hydrogen) atoms. The summed E-state index contributed by atoms with van der Waals surface area (Å²) in [5, 5.41) is 0. The van der Waals surface area contributed by atoms with E-state index in [0.29, 0.717) is 12.3 Å². The van der Waals surface area contributed by atoms with Gasteiger partial charge >= 0.3 is 0 Å². The molecule has 0 atom stereocenters. The molecule has 0 bridgehead atoms. The summed E-state index contributed by atoms with van der Waals surface area (Å²) in [5.74, 6) is 0.650. The van der Waals surface area contributed by atoms with E-state index in [1.165, 1.54) is 0 Å². The van der Waals surface area contributed by atoms with E-state index in [-0.39, 0.29) is 11.2 Å². The highest BCUT2D eigenvalue weighted by Gasteiger charge is 2.23. The van der Waals surface area contributed by atoms with Gasteiger partial charge in [-0.05, 0) is 0 Å². The molecule has 0 radical (unpaired) electrons. The molecule has 0 amide bonds. The summed E-state index contributed by atoms with van der Waals surface area (Å²) in [7, 11) is 0. The molecule has 0 aliphatic heterocycles. The molecular weight excluding hydrogens is 136 g/mol. The average molecular weight is 149 g/mol. The number of ketones is 1. The summed E-state index contributed by atoms with van der Waals surface area (Å²) in [5.41, 5.74) is -0.323. The van der Waals surface area contributed by atoms with Crippen LogP contribution in [0, 0.1) is 5.41 Å². The third-order valence-electron chi connectivity index (χ3n) is 1.41. The van der Waals surface area contributed by atoms with E-state index in [9.17, 15) is 4.79 Å². The minimum atomic E-state index is -0.323. The molecule has 0 N–H and O–H groups in total. The first-order valence-electron chi connectivity index (χ1n) is 3.14. The minimum Gasteiger partial charge on any atom is -0.299 e. The van der Waals surface area contributed by atoms with Crippen LogP contribution in [0.1, 0.15) is 27.2 Å². The highest BCUT2D eigenvalue weighted by Crippen LogP contribution is 2.19. The van der Waals surface area contributed by atoms with E-state index < -0.39 is 0 Å². The molecule has 1 nitrogen and oxygen atoms in total. The van der Waals surface area contributed by atoms with Crippen LogP contribution < -0.4 is 0 Å². The van der Waals surface area contributed by atoms with E-state index in [4.69, 9.17) is 11.6 Å². The van der Waals surface area contributed by atoms with Gasteiger partial charge in [0.25, 0.3) is 0 Å². The molecule has 0 rings (SSSR count). The molecule has 0 spiro atoms. The topological polar surface area (TPSA) is 17.1 Å². The fraction of sp³-hybridized carbons (Fsp3) is 0.857. The molecule has 0 aromatic rings. The van der Waals surface area contributed by atoms with Crippen molar-refractivity contribution in [3.63, 3.8) is 0 Å². The maximum atomic E-state index is 11.0. The summed E-state index contributed by atoms with van der Waals surface area (Å²) in [6.07, 6.45) is 0.583. The molecule has 0 saturated carbocycles. The Labute approximate surface area is 61.4 Å². The van der Waals surface area contributed by atoms with Crippen LogP contribution in [0.5, 0.6) is 0 Å². The lowest BCUT2D eigenvalue weighted by molar-refractivity contribution is -0.125. The molecule has 0 aromatic carbocycles. The van der Waals surface area contributed by atoms with Gasteiger partial charge in [0.1, 0.15) is 5.78 Å². The second-order valence-electron chi connectivity index (χ2n) is 2.79. The normalized spacial score (nSPS) is 11.6. The van der Waals surface area contributed by atoms with Crippen LogP contribution in [-0.2, 0) is 4.79 Å². The van der Waals surface area contributed by atoms with Crippen LogP contribution in [0.2, 0.25) is 0 Å². The van der Waals surface area contributed by atoms with Crippen LogP contribution >= 0.6 is 11.6 Å². The van der Waals surface area contributed by atoms with Crippen molar-refractivity contribution in [3.05, 3.63) is 0 Å². The first kappa shape index (κ1) is 8.96. The Kier molecular flexibility index (Phi) is 3.20. The lowest BCUT2D eigenvalue weighted by atomic mass is 9.89. The van der Waals surface area contributed by atoms with Crippen LogP contribution in [0.25, 0.3) is 0 Å². The van der Waals surface area contributed by atoms with Gasteiger partial charge in [-0.3, -0.25) is 4.79 Å². The molecule has 2 heteroatoms. The van der Waals surface area contributed by atoms with Gasteiger partial charge in [0.05, 0.1) is 0 Å². The number of alkyl halides is 1. The van der Waals surface area contributed by atoms with E-state index in [1.54, 1.807) is 0 Å². The highest BCUT2D eigenvalue weighted by molar-refractivity contribution is 6.19. The van der Waals surface area contributed by atoms with Crippen molar-refractivity contribution >= 4 is 17.4 Å². The predicted molar refractivity (Wildman–Crippen MR) is 39.8 cm³/mol. The van der Waals surface area contributed by atoms with E-state index in [2.05, 4.69) is 0 Å². The fourth-order valence-electron chi connectivity index (χ4n) is 0.553. The second-order valence-corrected chi connectivity index (χ2v) is 3.06. The summed E-state index contributed by atoms with van der Waals surface area (Å²) in [4.78, 5) is 11.0. The first-order chi connectivity index (χ1) is 4.04. The zero-order valence-corrected chi connectivity index (χ0v) is 6.96. The zero-order valence-electron chi connectivity index (χ0n) is 6.20. The standard InChI is InChI=1S/C7H13ClO/c1-4-6(9)7(2,3)5-8/h4-5H2,1-3H3. The van der Waals surface area contributed by atoms with Crippen LogP contribution in [0.3, 0.4) is 0 Å². The van der Waals surface area contributed by atoms with Crippen molar-refractivity contribution in [2.45, 2.75) is 27.2 Å². The Bertz CT molecular complexity index is 107. The number of halogens is 1. The molecule has 0 aliphatic rings. The molecule has 0 aliphatic carbocycles. The van der Waals surface area contributed by atoms with E-state index >= 15 is 0 Å². The van der Waals surface area contributed by atoms with E-state index in [1.807, 2.05) is 20.8 Å². The number of carbonyl (C=O) groups excluding carboxylic acids is 1. The van der Waals surface area contributed by atoms with Gasteiger partial charge in [0, 0.05) is 17.7 Å². The van der Waals surface area contributed by atoms with Gasteiger partial charge in [-0.25, -0.2) is 0 Å². The maximum Gasteiger partial charge on any atom is 0.139 e. The molecule has 0 fully saturated rings. The van der Waals surface area contributed by atoms with Gasteiger partial charge in [0.15, 0.2) is 0 Å². The number of Topliss-reactive ketones (excluding diaryl/α,β-unsaturated/α-hetero) is 1. The third-order valence-corrected chi connectivity index (χ3v) is 2.08. The molecule has 0 saturated heterocycles. The number of carbonyl (C=O) groups is 1. The minimum absolute atomic E-state index is 0.234. The lowest BCUT2D eigenvalue weighted by Gasteiger charge is -2.17. The molecule has 0 aromatic heterocycles. The largest absolute Gasteiger partial charge is 0.299 e. The van der Waals surface area contributed by atoms with Crippen LogP contribution in [0.4, 0.5) is 0 Å². The Balaban J connectivity index is 3.97. The van der Waals surface area contributed by atoms with Crippen molar-refractivity contribution in [2.75, 3.05) is 5.88 Å². The molecular formula is C7H13ClO. The van der Waals surface area contributed by atoms with Crippen molar-refractivity contribution in [2.24, 2.45) is 5.41 Å². The highest BCUT2D eigenvalue weighted by atomic mass is 35.5. The monoisotopic (exact) mass is 148 g/mol. The lowest BCUT2D eigenvalue weighted by Crippen LogP contribution is -2.24. The van der Waals surface area contributed by atoms with Crippen molar-refractivity contribution in [1.82, 2.24) is 0 Å². The van der Waals surface area contributed by atoms with Crippen molar-refractivity contribution in [3.8, 4) is 0 Å². The van der Waals surface area contributed by atoms with Gasteiger partial charge in [-0.1, -0.05) is 20.8 Å². The van der Waals surface area contributed by atoms with Gasteiger partial charge in [-0.15, -0.1) is 11.6 Å². The van der Waals surface area contributed by atoms with Gasteiger partial charge in [-0.2, -0.15) is 0 Å². The Morgan fingerprint density at radius 3 is 2.11 bits per heavy atom. The SMILES string of the molecule is CCC(=O)C(C)(C)CCl. The average Bonchev–Trinajstić information content (AvgIpc) is 1.86. The third kappa shape index (κ3) is 2.35. The molecule has 0 heterocycles. The first-order valence-corrected chi connectivity index (χ1v) is 3.67. The Morgan fingerprint density at radius 2 is 2.00 bits per heavy atom. The smallest absolute Gasteiger partial charge is 0.139 e. The summed E-state index contributed by atoms with van der Waals surface area (Å²) in [6.45, 7) is 5.59. The summed E-state index contributed by atoms with van der Waals surface area (Å²) in [6, 6.07) is 0. The number of hydrogen-bond acceptors (Lipinski definition) is 1. The Morgan fingerprint density at radius 1 is 1.56 bits per heavy atom. The van der Waals surface area contributed by atoms with E-state index in [0.717, 1.165) is 0 Å². The van der Waals surface area contributed by atoms with Gasteiger partial charge < -0.3 is 0 Å². The number of rotatable bonds is 3. The maximum absolute atomic E-state index is 11.0. The molecule has 54 valence electrons. The fourth-order valence-corrected chi connectivity index (χ4v) is 0.702. The second kappa shape index (κ2) is 3.21. The van der Waals surface area contributed by atoms with Crippen LogP contribution in [0.15, 0.2) is 0 Å². The zero-order chi connectivity index (χ0) is 7.49. The van der Waals surface area contributed by atoms with Crippen molar-refractivity contribution < 1.29 is 4.79 Å². The molecule has 0 unspecified atom stereocenters.